The molecular weight excluding hydrogens is 220 g/mol. The fourth-order valence-electron chi connectivity index (χ4n) is 1.94. The minimum Gasteiger partial charge on any atom is -0.396 e. The van der Waals surface area contributed by atoms with E-state index in [0.717, 1.165) is 19.4 Å². The molecule has 0 aliphatic carbocycles. The van der Waals surface area contributed by atoms with E-state index in [-0.39, 0.29) is 12.5 Å². The van der Waals surface area contributed by atoms with Gasteiger partial charge in [0.1, 0.15) is 0 Å². The van der Waals surface area contributed by atoms with Crippen LogP contribution in [0.1, 0.15) is 19.8 Å². The van der Waals surface area contributed by atoms with Crippen molar-refractivity contribution in [3.05, 3.63) is 0 Å². The van der Waals surface area contributed by atoms with Crippen molar-refractivity contribution < 1.29 is 14.6 Å². The lowest BCUT2D eigenvalue weighted by Gasteiger charge is -2.27. The van der Waals surface area contributed by atoms with Gasteiger partial charge in [-0.1, -0.05) is 13.3 Å². The molecule has 0 bridgehead atoms. The Balaban J connectivity index is 2.14. The number of aliphatic hydroxyl groups excluding tert-OH is 1. The van der Waals surface area contributed by atoms with E-state index in [2.05, 4.69) is 12.2 Å². The monoisotopic (exact) mass is 244 g/mol. The number of aliphatic hydroxyl groups is 1. The van der Waals surface area contributed by atoms with Gasteiger partial charge in [0.2, 0.25) is 5.91 Å². The van der Waals surface area contributed by atoms with Crippen LogP contribution in [0.5, 0.6) is 0 Å². The number of nitrogens with zero attached hydrogens (tertiary/aromatic N) is 1. The number of hydrogen-bond acceptors (Lipinski definition) is 4. The number of carbonyl (C=O) groups is 1. The van der Waals surface area contributed by atoms with E-state index in [1.165, 1.54) is 0 Å². The van der Waals surface area contributed by atoms with E-state index in [1.807, 2.05) is 4.90 Å². The third-order valence-corrected chi connectivity index (χ3v) is 3.19. The van der Waals surface area contributed by atoms with Crippen LogP contribution < -0.4 is 5.32 Å². The minimum atomic E-state index is 0.146. The van der Waals surface area contributed by atoms with Crippen LogP contribution in [0.3, 0.4) is 0 Å². The van der Waals surface area contributed by atoms with Gasteiger partial charge >= 0.3 is 0 Å². The summed E-state index contributed by atoms with van der Waals surface area (Å²) >= 11 is 0. The van der Waals surface area contributed by atoms with Crippen LogP contribution in [-0.4, -0.2) is 61.9 Å². The van der Waals surface area contributed by atoms with Crippen LogP contribution in [0, 0.1) is 5.92 Å². The molecule has 1 heterocycles. The first kappa shape index (κ1) is 14.4. The van der Waals surface area contributed by atoms with Gasteiger partial charge in [0.25, 0.3) is 0 Å². The maximum absolute atomic E-state index is 11.8. The van der Waals surface area contributed by atoms with Gasteiger partial charge in [-0.05, 0) is 18.9 Å². The number of amides is 1. The molecular formula is C12H24N2O3. The number of rotatable bonds is 7. The van der Waals surface area contributed by atoms with Gasteiger partial charge in [-0.3, -0.25) is 4.79 Å². The first-order valence-electron chi connectivity index (χ1n) is 6.45. The van der Waals surface area contributed by atoms with Crippen molar-refractivity contribution in [1.29, 1.82) is 0 Å². The molecule has 0 aromatic rings. The lowest BCUT2D eigenvalue weighted by molar-refractivity contribution is -0.134. The summed E-state index contributed by atoms with van der Waals surface area (Å²) in [7, 11) is 0. The van der Waals surface area contributed by atoms with Crippen LogP contribution >= 0.6 is 0 Å². The molecule has 1 amide bonds. The second-order valence-corrected chi connectivity index (χ2v) is 4.41. The van der Waals surface area contributed by atoms with E-state index in [4.69, 9.17) is 9.84 Å². The predicted molar refractivity (Wildman–Crippen MR) is 65.8 cm³/mol. The van der Waals surface area contributed by atoms with Gasteiger partial charge in [0.15, 0.2) is 0 Å². The number of hydrogen-bond donors (Lipinski definition) is 2. The summed E-state index contributed by atoms with van der Waals surface area (Å²) < 4.78 is 5.20. The minimum absolute atomic E-state index is 0.146. The highest BCUT2D eigenvalue weighted by Crippen LogP contribution is 2.05. The quantitative estimate of drug-likeness (QED) is 0.653. The summed E-state index contributed by atoms with van der Waals surface area (Å²) in [6.45, 7) is 6.21. The summed E-state index contributed by atoms with van der Waals surface area (Å²) in [5, 5.41) is 12.0. The molecule has 1 aliphatic heterocycles. The van der Waals surface area contributed by atoms with Gasteiger partial charge in [-0.15, -0.1) is 0 Å². The summed E-state index contributed by atoms with van der Waals surface area (Å²) in [5.74, 6) is 0.602. The lowest BCUT2D eigenvalue weighted by Crippen LogP contribution is -2.45. The van der Waals surface area contributed by atoms with Gasteiger partial charge in [-0.25, -0.2) is 0 Å². The normalized spacial score (nSPS) is 18.1. The van der Waals surface area contributed by atoms with E-state index in [1.54, 1.807) is 0 Å². The molecule has 1 rings (SSSR count). The average Bonchev–Trinajstić information content (AvgIpc) is 2.38. The third-order valence-electron chi connectivity index (χ3n) is 3.19. The molecule has 100 valence electrons. The van der Waals surface area contributed by atoms with Gasteiger partial charge in [-0.2, -0.15) is 0 Å². The lowest BCUT2D eigenvalue weighted by atomic mass is 10.0. The Hall–Kier alpha value is -0.650. The predicted octanol–water partition coefficient (Wildman–Crippen LogP) is -0.157. The Morgan fingerprint density at radius 1 is 1.47 bits per heavy atom. The van der Waals surface area contributed by atoms with Crippen LogP contribution in [-0.2, 0) is 9.53 Å². The highest BCUT2D eigenvalue weighted by Gasteiger charge is 2.16. The highest BCUT2D eigenvalue weighted by atomic mass is 16.5. The molecule has 1 aliphatic rings. The Kier molecular flexibility index (Phi) is 7.16. The molecule has 0 radical (unpaired) electrons. The van der Waals surface area contributed by atoms with E-state index in [9.17, 15) is 4.79 Å². The van der Waals surface area contributed by atoms with Crippen molar-refractivity contribution in [2.45, 2.75) is 19.8 Å². The topological polar surface area (TPSA) is 61.8 Å². The molecule has 1 fully saturated rings. The van der Waals surface area contributed by atoms with E-state index < -0.39 is 0 Å². The number of ether oxygens (including phenoxy) is 1. The SMILES string of the molecule is CCC(CCO)CNCC(=O)N1CCOCC1. The van der Waals surface area contributed by atoms with Crippen molar-refractivity contribution >= 4 is 5.91 Å². The number of morpholine rings is 1. The Morgan fingerprint density at radius 2 is 2.18 bits per heavy atom. The summed E-state index contributed by atoms with van der Waals surface area (Å²) in [6, 6.07) is 0. The summed E-state index contributed by atoms with van der Waals surface area (Å²) in [4.78, 5) is 13.6. The molecule has 1 unspecified atom stereocenters. The van der Waals surface area contributed by atoms with Crippen LogP contribution in [0.2, 0.25) is 0 Å². The van der Waals surface area contributed by atoms with Crippen molar-refractivity contribution in [2.24, 2.45) is 5.92 Å². The molecule has 0 spiro atoms. The second-order valence-electron chi connectivity index (χ2n) is 4.41. The smallest absolute Gasteiger partial charge is 0.236 e. The Labute approximate surface area is 103 Å². The number of nitrogens with one attached hydrogen (secondary N) is 1. The first-order valence-corrected chi connectivity index (χ1v) is 6.45. The fourth-order valence-corrected chi connectivity index (χ4v) is 1.94. The van der Waals surface area contributed by atoms with E-state index in [0.29, 0.717) is 38.8 Å². The zero-order chi connectivity index (χ0) is 12.5. The highest BCUT2D eigenvalue weighted by molar-refractivity contribution is 5.78. The Bertz CT molecular complexity index is 218. The Morgan fingerprint density at radius 3 is 2.76 bits per heavy atom. The van der Waals surface area contributed by atoms with Gasteiger partial charge < -0.3 is 20.1 Å². The van der Waals surface area contributed by atoms with Crippen molar-refractivity contribution in [3.63, 3.8) is 0 Å². The molecule has 0 saturated carbocycles. The molecule has 1 saturated heterocycles. The maximum Gasteiger partial charge on any atom is 0.236 e. The standard InChI is InChI=1S/C12H24N2O3/c1-2-11(3-6-15)9-13-10-12(16)14-4-7-17-8-5-14/h11,13,15H,2-10H2,1H3. The summed E-state index contributed by atoms with van der Waals surface area (Å²) in [5.41, 5.74) is 0. The summed E-state index contributed by atoms with van der Waals surface area (Å²) in [6.07, 6.45) is 1.83. The average molecular weight is 244 g/mol. The van der Waals surface area contributed by atoms with Gasteiger partial charge in [0, 0.05) is 19.7 Å². The molecule has 0 aromatic carbocycles. The molecule has 17 heavy (non-hydrogen) atoms. The molecule has 5 nitrogen and oxygen atoms in total. The van der Waals surface area contributed by atoms with Crippen molar-refractivity contribution in [2.75, 3.05) is 46.0 Å². The molecule has 5 heteroatoms. The molecule has 2 N–H and O–H groups in total. The van der Waals surface area contributed by atoms with Crippen LogP contribution in [0.15, 0.2) is 0 Å². The molecule has 1 atom stereocenters. The van der Waals surface area contributed by atoms with Crippen molar-refractivity contribution in [1.82, 2.24) is 10.2 Å². The number of carbonyl (C=O) groups excluding carboxylic acids is 1. The van der Waals surface area contributed by atoms with Crippen molar-refractivity contribution in [3.8, 4) is 0 Å². The zero-order valence-corrected chi connectivity index (χ0v) is 10.7. The molecule has 0 aromatic heterocycles. The largest absolute Gasteiger partial charge is 0.396 e. The van der Waals surface area contributed by atoms with Gasteiger partial charge in [0.05, 0.1) is 19.8 Å². The zero-order valence-electron chi connectivity index (χ0n) is 10.7. The second kappa shape index (κ2) is 8.44. The maximum atomic E-state index is 11.8. The van der Waals surface area contributed by atoms with Crippen LogP contribution in [0.4, 0.5) is 0 Å². The van der Waals surface area contributed by atoms with Crippen LogP contribution in [0.25, 0.3) is 0 Å². The van der Waals surface area contributed by atoms with E-state index >= 15 is 0 Å². The fraction of sp³-hybridized carbons (Fsp3) is 0.917. The third kappa shape index (κ3) is 5.48. The first-order chi connectivity index (χ1) is 8.27.